The molecule has 102 valence electrons. The molecular weight excluding hydrogens is 250 g/mol. The van der Waals surface area contributed by atoms with E-state index in [1.54, 1.807) is 0 Å². The van der Waals surface area contributed by atoms with Crippen LogP contribution in [0.15, 0.2) is 55.1 Å². The van der Waals surface area contributed by atoms with Crippen LogP contribution in [-0.2, 0) is 13.0 Å². The van der Waals surface area contributed by atoms with Gasteiger partial charge in [-0.05, 0) is 17.7 Å². The smallest absolute Gasteiger partial charge is 0.113 e. The van der Waals surface area contributed by atoms with E-state index in [9.17, 15) is 0 Å². The predicted molar refractivity (Wildman–Crippen MR) is 77.7 cm³/mol. The van der Waals surface area contributed by atoms with Crippen LogP contribution in [0.5, 0.6) is 0 Å². The molecule has 0 radical (unpaired) electrons. The minimum Gasteiger partial charge on any atom is -0.333 e. The minimum atomic E-state index is 0.618. The first-order valence-corrected chi connectivity index (χ1v) is 6.66. The van der Waals surface area contributed by atoms with Crippen LogP contribution in [0.2, 0.25) is 0 Å². The predicted octanol–water partition coefficient (Wildman–Crippen LogP) is 1.62. The molecule has 0 atom stereocenters. The second kappa shape index (κ2) is 5.71. The Morgan fingerprint density at radius 3 is 2.80 bits per heavy atom. The van der Waals surface area contributed by atoms with Gasteiger partial charge in [-0.3, -0.25) is 0 Å². The highest BCUT2D eigenvalue weighted by atomic mass is 15.3. The third-order valence-corrected chi connectivity index (χ3v) is 3.19. The van der Waals surface area contributed by atoms with Crippen molar-refractivity contribution in [1.82, 2.24) is 19.3 Å². The highest BCUT2D eigenvalue weighted by Gasteiger charge is 2.06. The molecule has 5 heteroatoms. The molecule has 0 unspecified atom stereocenters. The largest absolute Gasteiger partial charge is 0.333 e. The van der Waals surface area contributed by atoms with Crippen LogP contribution >= 0.6 is 0 Å². The normalized spacial score (nSPS) is 10.8. The first-order chi connectivity index (χ1) is 9.86. The molecule has 0 fully saturated rings. The van der Waals surface area contributed by atoms with E-state index in [1.165, 1.54) is 0 Å². The third kappa shape index (κ3) is 2.62. The van der Waals surface area contributed by atoms with E-state index in [-0.39, 0.29) is 0 Å². The topological polar surface area (TPSA) is 61.7 Å². The van der Waals surface area contributed by atoms with Gasteiger partial charge < -0.3 is 10.3 Å². The Morgan fingerprint density at radius 2 is 2.00 bits per heavy atom. The van der Waals surface area contributed by atoms with Crippen molar-refractivity contribution in [3.05, 3.63) is 66.5 Å². The van der Waals surface area contributed by atoms with E-state index < -0.39 is 0 Å². The van der Waals surface area contributed by atoms with Crippen molar-refractivity contribution in [3.63, 3.8) is 0 Å². The molecule has 0 bridgehead atoms. The summed E-state index contributed by atoms with van der Waals surface area (Å²) in [6, 6.07) is 10.1. The average molecular weight is 267 g/mol. The van der Waals surface area contributed by atoms with Gasteiger partial charge in [-0.25, -0.2) is 9.67 Å². The standard InChI is InChI=1S/C15H17N5/c16-6-8-19-9-7-17-15(19)10-13-11-18-20(12-13)14-4-2-1-3-5-14/h1-5,7,9,11-12H,6,8,10,16H2. The SMILES string of the molecule is NCCn1ccnc1Cc1cnn(-c2ccccc2)c1. The van der Waals surface area contributed by atoms with E-state index in [1.807, 2.05) is 59.8 Å². The quantitative estimate of drug-likeness (QED) is 0.764. The molecule has 0 aliphatic rings. The fourth-order valence-corrected chi connectivity index (χ4v) is 2.21. The van der Waals surface area contributed by atoms with Gasteiger partial charge in [-0.2, -0.15) is 5.10 Å². The average Bonchev–Trinajstić information content (AvgIpc) is 3.11. The maximum Gasteiger partial charge on any atom is 0.113 e. The summed E-state index contributed by atoms with van der Waals surface area (Å²) in [7, 11) is 0. The highest BCUT2D eigenvalue weighted by Crippen LogP contribution is 2.11. The van der Waals surface area contributed by atoms with E-state index in [0.717, 1.165) is 30.0 Å². The van der Waals surface area contributed by atoms with Crippen LogP contribution in [0.1, 0.15) is 11.4 Å². The lowest BCUT2D eigenvalue weighted by Gasteiger charge is -2.04. The Morgan fingerprint density at radius 1 is 1.15 bits per heavy atom. The van der Waals surface area contributed by atoms with Gasteiger partial charge in [-0.15, -0.1) is 0 Å². The van der Waals surface area contributed by atoms with Gasteiger partial charge in [0.05, 0.1) is 11.9 Å². The molecule has 2 aromatic heterocycles. The van der Waals surface area contributed by atoms with E-state index in [2.05, 4.69) is 14.6 Å². The number of nitrogens with zero attached hydrogens (tertiary/aromatic N) is 4. The summed E-state index contributed by atoms with van der Waals surface area (Å²) in [4.78, 5) is 4.38. The van der Waals surface area contributed by atoms with Gasteiger partial charge in [0.15, 0.2) is 0 Å². The lowest BCUT2D eigenvalue weighted by molar-refractivity contribution is 0.671. The molecule has 20 heavy (non-hydrogen) atoms. The zero-order valence-corrected chi connectivity index (χ0v) is 11.2. The maximum atomic E-state index is 5.60. The maximum absolute atomic E-state index is 5.60. The summed E-state index contributed by atoms with van der Waals surface area (Å²) in [5, 5.41) is 4.40. The van der Waals surface area contributed by atoms with Crippen LogP contribution < -0.4 is 5.73 Å². The summed E-state index contributed by atoms with van der Waals surface area (Å²) in [5.74, 6) is 1.02. The lowest BCUT2D eigenvalue weighted by Crippen LogP contribution is -2.12. The number of rotatable bonds is 5. The molecule has 2 heterocycles. The van der Waals surface area contributed by atoms with E-state index in [4.69, 9.17) is 5.73 Å². The number of hydrogen-bond acceptors (Lipinski definition) is 3. The first-order valence-electron chi connectivity index (χ1n) is 6.66. The van der Waals surface area contributed by atoms with Gasteiger partial charge in [0, 0.05) is 38.1 Å². The van der Waals surface area contributed by atoms with Crippen molar-refractivity contribution in [2.45, 2.75) is 13.0 Å². The summed E-state index contributed by atoms with van der Waals surface area (Å²) >= 11 is 0. The van der Waals surface area contributed by atoms with Gasteiger partial charge in [0.1, 0.15) is 5.82 Å². The van der Waals surface area contributed by atoms with Gasteiger partial charge in [0.25, 0.3) is 0 Å². The van der Waals surface area contributed by atoms with Crippen molar-refractivity contribution in [2.24, 2.45) is 5.73 Å². The number of nitrogens with two attached hydrogens (primary N) is 1. The monoisotopic (exact) mass is 267 g/mol. The van der Waals surface area contributed by atoms with Crippen molar-refractivity contribution in [2.75, 3.05) is 6.54 Å². The Labute approximate surface area is 117 Å². The summed E-state index contributed by atoms with van der Waals surface area (Å²) in [5.41, 5.74) is 7.79. The molecule has 3 rings (SSSR count). The molecule has 0 saturated heterocycles. The second-order valence-corrected chi connectivity index (χ2v) is 4.63. The number of imidazole rings is 1. The van der Waals surface area contributed by atoms with Crippen molar-refractivity contribution < 1.29 is 0 Å². The fourth-order valence-electron chi connectivity index (χ4n) is 2.21. The summed E-state index contributed by atoms with van der Waals surface area (Å²) < 4.78 is 3.96. The number of hydrogen-bond donors (Lipinski definition) is 1. The van der Waals surface area contributed by atoms with Crippen molar-refractivity contribution in [3.8, 4) is 5.69 Å². The van der Waals surface area contributed by atoms with Crippen molar-refractivity contribution in [1.29, 1.82) is 0 Å². The van der Waals surface area contributed by atoms with E-state index >= 15 is 0 Å². The second-order valence-electron chi connectivity index (χ2n) is 4.63. The molecule has 0 spiro atoms. The highest BCUT2D eigenvalue weighted by molar-refractivity contribution is 5.31. The molecule has 0 saturated carbocycles. The number of aromatic nitrogens is 4. The first kappa shape index (κ1) is 12.6. The van der Waals surface area contributed by atoms with Crippen LogP contribution in [-0.4, -0.2) is 25.9 Å². The molecular formula is C15H17N5. The number of para-hydroxylation sites is 1. The fraction of sp³-hybridized carbons (Fsp3) is 0.200. The van der Waals surface area contributed by atoms with Crippen LogP contribution in [0.4, 0.5) is 0 Å². The molecule has 1 aromatic carbocycles. The zero-order valence-electron chi connectivity index (χ0n) is 11.2. The van der Waals surface area contributed by atoms with Gasteiger partial charge in [0.2, 0.25) is 0 Å². The molecule has 0 aliphatic carbocycles. The molecule has 0 amide bonds. The summed E-state index contributed by atoms with van der Waals surface area (Å²) in [6.07, 6.45) is 8.46. The van der Waals surface area contributed by atoms with Crippen LogP contribution in [0.3, 0.4) is 0 Å². The Balaban J connectivity index is 1.79. The molecule has 2 N–H and O–H groups in total. The van der Waals surface area contributed by atoms with Crippen LogP contribution in [0.25, 0.3) is 5.69 Å². The van der Waals surface area contributed by atoms with Gasteiger partial charge in [-0.1, -0.05) is 18.2 Å². The molecule has 5 nitrogen and oxygen atoms in total. The zero-order chi connectivity index (χ0) is 13.8. The molecule has 0 aliphatic heterocycles. The lowest BCUT2D eigenvalue weighted by atomic mass is 10.2. The van der Waals surface area contributed by atoms with Crippen molar-refractivity contribution >= 4 is 0 Å². The Kier molecular flexibility index (Phi) is 3.60. The summed E-state index contributed by atoms with van der Waals surface area (Å²) in [6.45, 7) is 1.41. The Hall–Kier alpha value is -2.40. The van der Waals surface area contributed by atoms with E-state index in [0.29, 0.717) is 6.54 Å². The van der Waals surface area contributed by atoms with Crippen LogP contribution in [0, 0.1) is 0 Å². The number of benzene rings is 1. The van der Waals surface area contributed by atoms with Gasteiger partial charge >= 0.3 is 0 Å². The molecule has 3 aromatic rings. The minimum absolute atomic E-state index is 0.618. The Bertz CT molecular complexity index is 668. The third-order valence-electron chi connectivity index (χ3n) is 3.19.